The minimum Gasteiger partial charge on any atom is -0.464 e. The van der Waals surface area contributed by atoms with E-state index in [2.05, 4.69) is 4.90 Å². The Morgan fingerprint density at radius 2 is 2.29 bits per heavy atom. The normalized spacial score (nSPS) is 20.0. The van der Waals surface area contributed by atoms with Gasteiger partial charge in [-0.2, -0.15) is 0 Å². The lowest BCUT2D eigenvalue weighted by molar-refractivity contribution is 0.115. The number of hydrogen-bond donors (Lipinski definition) is 1. The summed E-state index contributed by atoms with van der Waals surface area (Å²) in [4.78, 5) is 14.7. The van der Waals surface area contributed by atoms with E-state index in [9.17, 15) is 9.90 Å². The van der Waals surface area contributed by atoms with E-state index in [1.165, 1.54) is 0 Å². The van der Waals surface area contributed by atoms with E-state index in [4.69, 9.17) is 16.0 Å². The predicted octanol–water partition coefficient (Wildman–Crippen LogP) is 2.65. The summed E-state index contributed by atoms with van der Waals surface area (Å²) in [6, 6.07) is 5.08. The molecule has 0 aliphatic carbocycles. The third-order valence-electron chi connectivity index (χ3n) is 4.06. The van der Waals surface area contributed by atoms with E-state index < -0.39 is 0 Å². The van der Waals surface area contributed by atoms with Crippen LogP contribution in [0.2, 0.25) is 5.02 Å². The van der Waals surface area contributed by atoms with Crippen LogP contribution in [0.3, 0.4) is 0 Å². The average molecular weight is 308 g/mol. The maximum atomic E-state index is 12.5. The molecule has 1 aliphatic rings. The zero-order valence-corrected chi connectivity index (χ0v) is 12.5. The van der Waals surface area contributed by atoms with Crippen LogP contribution in [-0.2, 0) is 6.54 Å². The van der Waals surface area contributed by atoms with Crippen LogP contribution in [-0.4, -0.2) is 29.7 Å². The standard InChI is InChI=1S/C16H18ClNO3/c17-13-3-4-15-14(6-13)16(20)12(10-21-15)8-18-5-1-2-11(7-18)9-19/h3-4,6,10-11,19H,1-2,5,7-9H2. The first-order valence-corrected chi connectivity index (χ1v) is 7.58. The fourth-order valence-corrected chi connectivity index (χ4v) is 3.11. The molecule has 5 heteroatoms. The number of fused-ring (bicyclic) bond motifs is 1. The summed E-state index contributed by atoms with van der Waals surface area (Å²) in [5.41, 5.74) is 1.17. The molecule has 0 saturated carbocycles. The second-order valence-electron chi connectivity index (χ2n) is 5.66. The largest absolute Gasteiger partial charge is 0.464 e. The lowest BCUT2D eigenvalue weighted by Gasteiger charge is -2.31. The minimum absolute atomic E-state index is 0.0233. The molecule has 1 N–H and O–H groups in total. The molecule has 1 fully saturated rings. The SMILES string of the molecule is O=c1c(CN2CCCC(CO)C2)coc2ccc(Cl)cc12. The van der Waals surface area contributed by atoms with Crippen LogP contribution in [0.25, 0.3) is 11.0 Å². The Balaban J connectivity index is 1.87. The number of nitrogens with zero attached hydrogens (tertiary/aromatic N) is 1. The minimum atomic E-state index is -0.0233. The second-order valence-corrected chi connectivity index (χ2v) is 6.09. The summed E-state index contributed by atoms with van der Waals surface area (Å²) < 4.78 is 5.54. The van der Waals surface area contributed by atoms with Crippen LogP contribution in [0, 0.1) is 5.92 Å². The highest BCUT2D eigenvalue weighted by atomic mass is 35.5. The summed E-state index contributed by atoms with van der Waals surface area (Å²) in [5.74, 6) is 0.306. The quantitative estimate of drug-likeness (QED) is 0.947. The maximum Gasteiger partial charge on any atom is 0.197 e. The van der Waals surface area contributed by atoms with Gasteiger partial charge in [0.15, 0.2) is 5.43 Å². The molecule has 1 aromatic heterocycles. The van der Waals surface area contributed by atoms with E-state index >= 15 is 0 Å². The fraction of sp³-hybridized carbons (Fsp3) is 0.438. The molecular weight excluding hydrogens is 290 g/mol. The van der Waals surface area contributed by atoms with Crippen LogP contribution in [0.5, 0.6) is 0 Å². The Bertz CT molecular complexity index is 697. The lowest BCUT2D eigenvalue weighted by atomic mass is 9.98. The Morgan fingerprint density at radius 3 is 3.10 bits per heavy atom. The van der Waals surface area contributed by atoms with Crippen molar-refractivity contribution in [3.05, 3.63) is 45.3 Å². The van der Waals surface area contributed by atoms with Crippen molar-refractivity contribution in [2.75, 3.05) is 19.7 Å². The molecule has 112 valence electrons. The van der Waals surface area contributed by atoms with E-state index in [0.29, 0.717) is 34.0 Å². The van der Waals surface area contributed by atoms with Gasteiger partial charge >= 0.3 is 0 Å². The highest BCUT2D eigenvalue weighted by molar-refractivity contribution is 6.31. The number of likely N-dealkylation sites (tertiary alicyclic amines) is 1. The zero-order valence-electron chi connectivity index (χ0n) is 11.7. The third kappa shape index (κ3) is 3.12. The number of benzene rings is 1. The van der Waals surface area contributed by atoms with Gasteiger partial charge in [0.05, 0.1) is 11.6 Å². The molecule has 3 rings (SSSR count). The van der Waals surface area contributed by atoms with Gasteiger partial charge in [-0.15, -0.1) is 0 Å². The highest BCUT2D eigenvalue weighted by Crippen LogP contribution is 2.20. The van der Waals surface area contributed by atoms with Crippen molar-refractivity contribution < 1.29 is 9.52 Å². The smallest absolute Gasteiger partial charge is 0.197 e. The third-order valence-corrected chi connectivity index (χ3v) is 4.30. The molecule has 0 amide bonds. The molecule has 4 nitrogen and oxygen atoms in total. The van der Waals surface area contributed by atoms with Crippen molar-refractivity contribution in [1.29, 1.82) is 0 Å². The molecule has 1 aromatic carbocycles. The second kappa shape index (κ2) is 6.18. The lowest BCUT2D eigenvalue weighted by Crippen LogP contribution is -2.37. The van der Waals surface area contributed by atoms with Crippen molar-refractivity contribution in [1.82, 2.24) is 4.90 Å². The van der Waals surface area contributed by atoms with E-state index in [0.717, 1.165) is 25.9 Å². The summed E-state index contributed by atoms with van der Waals surface area (Å²) >= 11 is 5.95. The maximum absolute atomic E-state index is 12.5. The van der Waals surface area contributed by atoms with E-state index in [1.807, 2.05) is 0 Å². The Kier molecular flexibility index (Phi) is 4.29. The summed E-state index contributed by atoms with van der Waals surface area (Å²) in [7, 11) is 0. The highest BCUT2D eigenvalue weighted by Gasteiger charge is 2.20. The van der Waals surface area contributed by atoms with Gasteiger partial charge in [0.25, 0.3) is 0 Å². The molecule has 21 heavy (non-hydrogen) atoms. The van der Waals surface area contributed by atoms with Gasteiger partial charge in [-0.25, -0.2) is 0 Å². The average Bonchev–Trinajstić information content (AvgIpc) is 2.51. The molecule has 1 unspecified atom stereocenters. The molecule has 0 bridgehead atoms. The Morgan fingerprint density at radius 1 is 1.43 bits per heavy atom. The number of piperidine rings is 1. The summed E-state index contributed by atoms with van der Waals surface area (Å²) in [6.07, 6.45) is 3.64. The van der Waals surface area contributed by atoms with Gasteiger partial charge in [-0.05, 0) is 43.5 Å². The molecule has 0 radical (unpaired) electrons. The van der Waals surface area contributed by atoms with Crippen LogP contribution >= 0.6 is 11.6 Å². The first kappa shape index (κ1) is 14.6. The topological polar surface area (TPSA) is 53.7 Å². The van der Waals surface area contributed by atoms with Gasteiger partial charge in [0.2, 0.25) is 0 Å². The van der Waals surface area contributed by atoms with Crippen LogP contribution in [0.4, 0.5) is 0 Å². The monoisotopic (exact) mass is 307 g/mol. The first-order valence-electron chi connectivity index (χ1n) is 7.20. The number of halogens is 1. The Labute approximate surface area is 127 Å². The number of aliphatic hydroxyl groups excluding tert-OH is 1. The van der Waals surface area contributed by atoms with Gasteiger partial charge < -0.3 is 9.52 Å². The van der Waals surface area contributed by atoms with Crippen molar-refractivity contribution >= 4 is 22.6 Å². The van der Waals surface area contributed by atoms with Crippen LogP contribution in [0.1, 0.15) is 18.4 Å². The van der Waals surface area contributed by atoms with Gasteiger partial charge in [-0.1, -0.05) is 11.6 Å². The first-order chi connectivity index (χ1) is 10.2. The summed E-state index contributed by atoms with van der Waals surface area (Å²) in [5, 5.41) is 10.3. The van der Waals surface area contributed by atoms with Gasteiger partial charge in [-0.3, -0.25) is 9.69 Å². The molecule has 2 aromatic rings. The van der Waals surface area contributed by atoms with Gasteiger partial charge in [0.1, 0.15) is 5.58 Å². The number of hydrogen-bond acceptors (Lipinski definition) is 4. The van der Waals surface area contributed by atoms with E-state index in [-0.39, 0.29) is 12.0 Å². The zero-order chi connectivity index (χ0) is 14.8. The van der Waals surface area contributed by atoms with Crippen molar-refractivity contribution in [3.8, 4) is 0 Å². The van der Waals surface area contributed by atoms with E-state index in [1.54, 1.807) is 24.5 Å². The number of rotatable bonds is 3. The predicted molar refractivity (Wildman–Crippen MR) is 82.6 cm³/mol. The molecule has 1 atom stereocenters. The van der Waals surface area contributed by atoms with Crippen molar-refractivity contribution in [3.63, 3.8) is 0 Å². The molecule has 0 spiro atoms. The van der Waals surface area contributed by atoms with Crippen LogP contribution < -0.4 is 5.43 Å². The summed E-state index contributed by atoms with van der Waals surface area (Å²) in [6.45, 7) is 2.53. The molecular formula is C16H18ClNO3. The number of aliphatic hydroxyl groups is 1. The van der Waals surface area contributed by atoms with Crippen molar-refractivity contribution in [2.45, 2.75) is 19.4 Å². The molecule has 1 aliphatic heterocycles. The Hall–Kier alpha value is -1.36. The van der Waals surface area contributed by atoms with Crippen LogP contribution in [0.15, 0.2) is 33.7 Å². The van der Waals surface area contributed by atoms with Crippen molar-refractivity contribution in [2.24, 2.45) is 5.92 Å². The van der Waals surface area contributed by atoms with Gasteiger partial charge in [0, 0.05) is 30.3 Å². The molecule has 1 saturated heterocycles. The fourth-order valence-electron chi connectivity index (χ4n) is 2.94. The molecule has 2 heterocycles.